The highest BCUT2D eigenvalue weighted by molar-refractivity contribution is 7.98. The van der Waals surface area contributed by atoms with Gasteiger partial charge in [-0.15, -0.1) is 10.2 Å². The summed E-state index contributed by atoms with van der Waals surface area (Å²) in [5.41, 5.74) is 6.30. The maximum absolute atomic E-state index is 4.59. The van der Waals surface area contributed by atoms with Gasteiger partial charge in [0.2, 0.25) is 0 Å². The number of rotatable bonds is 5. The molecule has 2 heterocycles. The molecule has 5 heteroatoms. The number of thioether (sulfide) groups is 1. The normalized spacial score (nSPS) is 14.1. The van der Waals surface area contributed by atoms with Gasteiger partial charge in [-0.25, -0.2) is 0 Å². The minimum Gasteiger partial charge on any atom is -0.360 e. The number of H-pyrrole nitrogens is 1. The zero-order chi connectivity index (χ0) is 18.4. The van der Waals surface area contributed by atoms with Gasteiger partial charge in [0.1, 0.15) is 0 Å². The van der Waals surface area contributed by atoms with E-state index in [0.29, 0.717) is 6.04 Å². The summed E-state index contributed by atoms with van der Waals surface area (Å²) in [5, 5.41) is 11.4. The summed E-state index contributed by atoms with van der Waals surface area (Å²) in [6.07, 6.45) is 4.49. The number of nitrogens with one attached hydrogen (secondary N) is 1. The fourth-order valence-corrected chi connectivity index (χ4v) is 4.64. The second-order valence-electron chi connectivity index (χ2n) is 7.37. The van der Waals surface area contributed by atoms with Crippen LogP contribution >= 0.6 is 11.8 Å². The van der Waals surface area contributed by atoms with Crippen molar-refractivity contribution in [3.05, 3.63) is 65.4 Å². The van der Waals surface area contributed by atoms with Crippen LogP contribution in [0.25, 0.3) is 22.3 Å². The van der Waals surface area contributed by atoms with E-state index in [2.05, 4.69) is 82.3 Å². The van der Waals surface area contributed by atoms with Gasteiger partial charge in [-0.3, -0.25) is 4.57 Å². The maximum Gasteiger partial charge on any atom is 0.192 e. The molecule has 2 aromatic heterocycles. The lowest BCUT2D eigenvalue weighted by atomic mass is 10.1. The Hall–Kier alpha value is -2.53. The summed E-state index contributed by atoms with van der Waals surface area (Å²) in [4.78, 5) is 3.37. The van der Waals surface area contributed by atoms with Crippen LogP contribution in [0.4, 0.5) is 0 Å². The highest BCUT2D eigenvalue weighted by Crippen LogP contribution is 2.42. The van der Waals surface area contributed by atoms with Crippen LogP contribution in [0.1, 0.15) is 35.6 Å². The lowest BCUT2D eigenvalue weighted by Gasteiger charge is -2.10. The van der Waals surface area contributed by atoms with Gasteiger partial charge in [0.15, 0.2) is 11.0 Å². The number of hydrogen-bond acceptors (Lipinski definition) is 3. The summed E-state index contributed by atoms with van der Waals surface area (Å²) in [6, 6.07) is 15.6. The Morgan fingerprint density at radius 1 is 1.11 bits per heavy atom. The van der Waals surface area contributed by atoms with E-state index in [0.717, 1.165) is 27.8 Å². The van der Waals surface area contributed by atoms with Crippen LogP contribution in [0.2, 0.25) is 0 Å². The standard InChI is InChI=1S/C22H22N4S/c1-14-7-8-15(2)16(11-14)13-27-22-25-24-21(26(22)17-9-10-17)19-12-23-20-6-4-3-5-18(19)20/h3-8,11-12,17,23H,9-10,13H2,1-2H3. The minimum absolute atomic E-state index is 0.532. The Morgan fingerprint density at radius 2 is 1.96 bits per heavy atom. The Morgan fingerprint density at radius 3 is 2.81 bits per heavy atom. The summed E-state index contributed by atoms with van der Waals surface area (Å²) in [6.45, 7) is 4.33. The van der Waals surface area contributed by atoms with Crippen LogP contribution in [-0.4, -0.2) is 19.7 Å². The minimum atomic E-state index is 0.532. The molecule has 0 spiro atoms. The van der Waals surface area contributed by atoms with E-state index in [-0.39, 0.29) is 0 Å². The van der Waals surface area contributed by atoms with Gasteiger partial charge in [0.05, 0.1) is 0 Å². The highest BCUT2D eigenvalue weighted by atomic mass is 32.2. The Labute approximate surface area is 163 Å². The molecule has 27 heavy (non-hydrogen) atoms. The summed E-state index contributed by atoms with van der Waals surface area (Å²) >= 11 is 1.79. The predicted octanol–water partition coefficient (Wildman–Crippen LogP) is 5.67. The number of aromatic amines is 1. The molecule has 2 aromatic carbocycles. The predicted molar refractivity (Wildman–Crippen MR) is 111 cm³/mol. The third kappa shape index (κ3) is 3.06. The van der Waals surface area contributed by atoms with Crippen molar-refractivity contribution in [1.29, 1.82) is 0 Å². The maximum atomic E-state index is 4.59. The van der Waals surface area contributed by atoms with Crippen LogP contribution in [0.15, 0.2) is 53.8 Å². The molecule has 0 bridgehead atoms. The number of benzene rings is 2. The first-order valence-electron chi connectivity index (χ1n) is 9.41. The molecular formula is C22H22N4S. The van der Waals surface area contributed by atoms with Gasteiger partial charge < -0.3 is 4.98 Å². The molecule has 0 radical (unpaired) electrons. The molecule has 1 saturated carbocycles. The highest BCUT2D eigenvalue weighted by Gasteiger charge is 2.30. The van der Waals surface area contributed by atoms with Crippen molar-refractivity contribution in [1.82, 2.24) is 19.7 Å². The first-order chi connectivity index (χ1) is 13.2. The van der Waals surface area contributed by atoms with Crippen LogP contribution in [0.5, 0.6) is 0 Å². The van der Waals surface area contributed by atoms with E-state index in [4.69, 9.17) is 0 Å². The smallest absolute Gasteiger partial charge is 0.192 e. The fraction of sp³-hybridized carbons (Fsp3) is 0.273. The monoisotopic (exact) mass is 374 g/mol. The lowest BCUT2D eigenvalue weighted by Crippen LogP contribution is -2.00. The van der Waals surface area contributed by atoms with E-state index in [1.54, 1.807) is 11.8 Å². The number of hydrogen-bond donors (Lipinski definition) is 1. The van der Waals surface area contributed by atoms with Gasteiger partial charge >= 0.3 is 0 Å². The quantitative estimate of drug-likeness (QED) is 0.458. The molecule has 0 aliphatic heterocycles. The molecule has 0 atom stereocenters. The van der Waals surface area contributed by atoms with Crippen molar-refractivity contribution in [2.75, 3.05) is 0 Å². The Balaban J connectivity index is 1.50. The van der Waals surface area contributed by atoms with Crippen molar-refractivity contribution >= 4 is 22.7 Å². The van der Waals surface area contributed by atoms with Crippen LogP contribution in [0.3, 0.4) is 0 Å². The zero-order valence-electron chi connectivity index (χ0n) is 15.6. The molecule has 136 valence electrons. The molecule has 0 saturated heterocycles. The van der Waals surface area contributed by atoms with Crippen molar-refractivity contribution in [3.8, 4) is 11.4 Å². The number of aryl methyl sites for hydroxylation is 2. The van der Waals surface area contributed by atoms with E-state index < -0.39 is 0 Å². The van der Waals surface area contributed by atoms with Crippen molar-refractivity contribution < 1.29 is 0 Å². The SMILES string of the molecule is Cc1ccc(C)c(CSc2nnc(-c3c[nH]c4ccccc34)n2C2CC2)c1. The number of fused-ring (bicyclic) bond motifs is 1. The summed E-state index contributed by atoms with van der Waals surface area (Å²) in [5.74, 6) is 1.91. The lowest BCUT2D eigenvalue weighted by molar-refractivity contribution is 0.669. The first-order valence-corrected chi connectivity index (χ1v) is 10.4. The van der Waals surface area contributed by atoms with Crippen LogP contribution in [-0.2, 0) is 5.75 Å². The number of aromatic nitrogens is 4. The van der Waals surface area contributed by atoms with Gasteiger partial charge in [-0.1, -0.05) is 53.7 Å². The van der Waals surface area contributed by atoms with E-state index in [1.807, 2.05) is 0 Å². The third-order valence-corrected chi connectivity index (χ3v) is 6.26. The molecule has 4 aromatic rings. The average molecular weight is 375 g/mol. The van der Waals surface area contributed by atoms with Gasteiger partial charge in [0, 0.05) is 34.5 Å². The van der Waals surface area contributed by atoms with Crippen LogP contribution in [0, 0.1) is 13.8 Å². The van der Waals surface area contributed by atoms with Gasteiger partial charge in [-0.05, 0) is 43.9 Å². The molecule has 0 unspecified atom stereocenters. The third-order valence-electron chi connectivity index (χ3n) is 5.27. The molecule has 1 aliphatic rings. The van der Waals surface area contributed by atoms with Crippen molar-refractivity contribution in [2.45, 2.75) is 43.6 Å². The van der Waals surface area contributed by atoms with E-state index in [9.17, 15) is 0 Å². The first kappa shape index (κ1) is 16.6. The van der Waals surface area contributed by atoms with Crippen LogP contribution < -0.4 is 0 Å². The van der Waals surface area contributed by atoms with E-state index >= 15 is 0 Å². The van der Waals surface area contributed by atoms with Gasteiger partial charge in [-0.2, -0.15) is 0 Å². The van der Waals surface area contributed by atoms with Crippen molar-refractivity contribution in [3.63, 3.8) is 0 Å². The summed E-state index contributed by atoms with van der Waals surface area (Å²) < 4.78 is 2.35. The van der Waals surface area contributed by atoms with Gasteiger partial charge in [0.25, 0.3) is 0 Å². The largest absolute Gasteiger partial charge is 0.360 e. The molecule has 5 rings (SSSR count). The molecule has 1 aliphatic carbocycles. The second-order valence-corrected chi connectivity index (χ2v) is 8.32. The number of para-hydroxylation sites is 1. The average Bonchev–Trinajstić information content (AvgIpc) is 3.29. The fourth-order valence-electron chi connectivity index (χ4n) is 3.58. The topological polar surface area (TPSA) is 46.5 Å². The molecule has 0 amide bonds. The molecule has 1 fully saturated rings. The second kappa shape index (κ2) is 6.57. The summed E-state index contributed by atoms with van der Waals surface area (Å²) in [7, 11) is 0. The Bertz CT molecular complexity index is 1120. The molecule has 1 N–H and O–H groups in total. The molecular weight excluding hydrogens is 352 g/mol. The Kier molecular flexibility index (Phi) is 4.05. The number of nitrogens with zero attached hydrogens (tertiary/aromatic N) is 3. The molecule has 4 nitrogen and oxygen atoms in total. The van der Waals surface area contributed by atoms with E-state index in [1.165, 1.54) is 34.9 Å². The zero-order valence-corrected chi connectivity index (χ0v) is 16.4. The van der Waals surface area contributed by atoms with Crippen molar-refractivity contribution in [2.24, 2.45) is 0 Å².